The number of hydrogen-bond acceptors (Lipinski definition) is 3. The normalized spacial score (nSPS) is 11.2. The molecule has 0 aliphatic heterocycles. The topological polar surface area (TPSA) is 58.7 Å². The van der Waals surface area contributed by atoms with E-state index in [1.54, 1.807) is 37.5 Å². The first-order chi connectivity index (χ1) is 9.51. The van der Waals surface area contributed by atoms with Crippen molar-refractivity contribution in [3.8, 4) is 6.07 Å². The van der Waals surface area contributed by atoms with Gasteiger partial charge >= 0.3 is 0 Å². The number of ketones is 1. The van der Waals surface area contributed by atoms with Crippen molar-refractivity contribution in [2.24, 2.45) is 7.05 Å². The van der Waals surface area contributed by atoms with Gasteiger partial charge in [0.1, 0.15) is 17.3 Å². The number of halogens is 2. The molecule has 4 nitrogen and oxygen atoms in total. The van der Waals surface area contributed by atoms with Crippen LogP contribution in [0.15, 0.2) is 36.0 Å². The third kappa shape index (κ3) is 3.08. The molecule has 0 saturated carbocycles. The van der Waals surface area contributed by atoms with Crippen molar-refractivity contribution in [2.45, 2.75) is 0 Å². The van der Waals surface area contributed by atoms with Crippen LogP contribution in [0.1, 0.15) is 16.1 Å². The van der Waals surface area contributed by atoms with Crippen LogP contribution in [0.3, 0.4) is 0 Å². The van der Waals surface area contributed by atoms with E-state index in [4.69, 9.17) is 28.5 Å². The number of nitrogens with zero attached hydrogens (tertiary/aromatic N) is 3. The first-order valence-electron chi connectivity index (χ1n) is 5.62. The van der Waals surface area contributed by atoms with Gasteiger partial charge in [-0.25, -0.2) is 0 Å². The molecule has 0 bridgehead atoms. The average Bonchev–Trinajstić information content (AvgIpc) is 2.74. The van der Waals surface area contributed by atoms with E-state index in [1.165, 1.54) is 10.8 Å². The lowest BCUT2D eigenvalue weighted by Crippen LogP contribution is -2.02. The third-order valence-corrected chi connectivity index (χ3v) is 3.11. The van der Waals surface area contributed by atoms with Crippen molar-refractivity contribution in [3.63, 3.8) is 0 Å². The van der Waals surface area contributed by atoms with Gasteiger partial charge in [0, 0.05) is 23.8 Å². The lowest BCUT2D eigenvalue weighted by atomic mass is 10.0. The molecule has 20 heavy (non-hydrogen) atoms. The number of aromatic nitrogens is 2. The predicted molar refractivity (Wildman–Crippen MR) is 77.6 cm³/mol. The molecular formula is C14H9Cl2N3O. The zero-order valence-electron chi connectivity index (χ0n) is 10.5. The molecule has 1 aromatic carbocycles. The second-order valence-electron chi connectivity index (χ2n) is 4.04. The summed E-state index contributed by atoms with van der Waals surface area (Å²) in [4.78, 5) is 12.2. The monoisotopic (exact) mass is 305 g/mol. The Hall–Kier alpha value is -2.09. The summed E-state index contributed by atoms with van der Waals surface area (Å²) in [6.07, 6.45) is 2.97. The molecule has 6 heteroatoms. The van der Waals surface area contributed by atoms with Crippen molar-refractivity contribution in [1.82, 2.24) is 9.78 Å². The lowest BCUT2D eigenvalue weighted by molar-refractivity contribution is 0.104. The molecule has 0 radical (unpaired) electrons. The zero-order valence-corrected chi connectivity index (χ0v) is 12.0. The second-order valence-corrected chi connectivity index (χ2v) is 4.89. The van der Waals surface area contributed by atoms with Crippen LogP contribution in [0.5, 0.6) is 0 Å². The maximum atomic E-state index is 12.2. The van der Waals surface area contributed by atoms with Crippen molar-refractivity contribution in [3.05, 3.63) is 57.3 Å². The largest absolute Gasteiger partial charge is 0.288 e. The van der Waals surface area contributed by atoms with E-state index in [0.717, 1.165) is 0 Å². The number of benzene rings is 1. The van der Waals surface area contributed by atoms with Gasteiger partial charge in [0.2, 0.25) is 5.78 Å². The number of hydrogen-bond donors (Lipinski definition) is 0. The summed E-state index contributed by atoms with van der Waals surface area (Å²) in [5.41, 5.74) is 0.732. The van der Waals surface area contributed by atoms with Crippen molar-refractivity contribution in [1.29, 1.82) is 5.26 Å². The second kappa shape index (κ2) is 5.91. The van der Waals surface area contributed by atoms with E-state index in [-0.39, 0.29) is 5.57 Å². The van der Waals surface area contributed by atoms with Gasteiger partial charge in [-0.1, -0.05) is 23.2 Å². The van der Waals surface area contributed by atoms with Gasteiger partial charge < -0.3 is 0 Å². The quantitative estimate of drug-likeness (QED) is 0.495. The molecule has 2 rings (SSSR count). The standard InChI is InChI=1S/C14H9Cl2N3O/c1-19-8-12(16)13(18-19)6-10(7-17)14(20)9-2-4-11(15)5-3-9/h2-6,8H,1H3/b10-6+. The first-order valence-corrected chi connectivity index (χ1v) is 6.38. The molecule has 0 saturated heterocycles. The summed E-state index contributed by atoms with van der Waals surface area (Å²) in [6, 6.07) is 8.19. The molecule has 0 aliphatic rings. The fourth-order valence-corrected chi connectivity index (χ4v) is 1.98. The number of Topliss-reactive ketones (excluding diaryl/α,β-unsaturated/α-hetero) is 1. The van der Waals surface area contributed by atoms with E-state index in [0.29, 0.717) is 21.3 Å². The maximum Gasteiger partial charge on any atom is 0.203 e. The molecular weight excluding hydrogens is 297 g/mol. The van der Waals surface area contributed by atoms with E-state index in [9.17, 15) is 4.79 Å². The molecule has 0 amide bonds. The number of carbonyl (C=O) groups is 1. The number of carbonyl (C=O) groups excluding carboxylic acids is 1. The molecule has 0 spiro atoms. The fourth-order valence-electron chi connectivity index (χ4n) is 1.62. The van der Waals surface area contributed by atoms with Crippen LogP contribution >= 0.6 is 23.2 Å². The van der Waals surface area contributed by atoms with Gasteiger partial charge in [0.25, 0.3) is 0 Å². The molecule has 1 aromatic heterocycles. The van der Waals surface area contributed by atoms with Crippen molar-refractivity contribution in [2.75, 3.05) is 0 Å². The summed E-state index contributed by atoms with van der Waals surface area (Å²) >= 11 is 11.7. The SMILES string of the molecule is Cn1cc(Cl)c(/C=C(\C#N)C(=O)c2ccc(Cl)cc2)n1. The number of aryl methyl sites for hydroxylation is 1. The van der Waals surface area contributed by atoms with E-state index in [1.807, 2.05) is 6.07 Å². The minimum Gasteiger partial charge on any atom is -0.288 e. The van der Waals surface area contributed by atoms with Gasteiger partial charge in [-0.15, -0.1) is 0 Å². The highest BCUT2D eigenvalue weighted by Crippen LogP contribution is 2.19. The highest BCUT2D eigenvalue weighted by atomic mass is 35.5. The molecule has 0 unspecified atom stereocenters. The molecule has 100 valence electrons. The van der Waals surface area contributed by atoms with Crippen LogP contribution < -0.4 is 0 Å². The Morgan fingerprint density at radius 2 is 2.00 bits per heavy atom. The van der Waals surface area contributed by atoms with Crippen LogP contribution in [-0.4, -0.2) is 15.6 Å². The number of rotatable bonds is 3. The molecule has 2 aromatic rings. The molecule has 1 heterocycles. The summed E-state index contributed by atoms with van der Waals surface area (Å²) in [5.74, 6) is -0.397. The highest BCUT2D eigenvalue weighted by Gasteiger charge is 2.14. The molecule has 0 fully saturated rings. The Balaban J connectivity index is 2.38. The summed E-state index contributed by atoms with van der Waals surface area (Å²) in [5, 5.41) is 14.1. The molecule has 0 aliphatic carbocycles. The number of allylic oxidation sites excluding steroid dienone is 1. The van der Waals surface area contributed by atoms with Crippen molar-refractivity contribution >= 4 is 35.1 Å². The Kier molecular flexibility index (Phi) is 4.23. The van der Waals surface area contributed by atoms with Gasteiger partial charge in [-0.2, -0.15) is 10.4 Å². The van der Waals surface area contributed by atoms with Gasteiger partial charge in [0.05, 0.1) is 5.02 Å². The average molecular weight is 306 g/mol. The number of nitriles is 1. The lowest BCUT2D eigenvalue weighted by Gasteiger charge is -1.99. The zero-order chi connectivity index (χ0) is 14.7. The third-order valence-electron chi connectivity index (χ3n) is 2.56. The Morgan fingerprint density at radius 3 is 2.50 bits per heavy atom. The maximum absolute atomic E-state index is 12.2. The highest BCUT2D eigenvalue weighted by molar-refractivity contribution is 6.32. The minimum absolute atomic E-state index is 0.0343. The van der Waals surface area contributed by atoms with Crippen LogP contribution in [-0.2, 0) is 7.05 Å². The van der Waals surface area contributed by atoms with E-state index < -0.39 is 5.78 Å². The smallest absolute Gasteiger partial charge is 0.203 e. The van der Waals surface area contributed by atoms with Crippen LogP contribution in [0.4, 0.5) is 0 Å². The van der Waals surface area contributed by atoms with E-state index >= 15 is 0 Å². The van der Waals surface area contributed by atoms with Gasteiger partial charge in [0.15, 0.2) is 0 Å². The molecule has 0 atom stereocenters. The minimum atomic E-state index is -0.397. The first kappa shape index (κ1) is 14.3. The fraction of sp³-hybridized carbons (Fsp3) is 0.0714. The summed E-state index contributed by atoms with van der Waals surface area (Å²) < 4.78 is 1.51. The summed E-state index contributed by atoms with van der Waals surface area (Å²) in [7, 11) is 1.70. The molecule has 0 N–H and O–H groups in total. The van der Waals surface area contributed by atoms with Gasteiger partial charge in [-0.3, -0.25) is 9.48 Å². The predicted octanol–water partition coefficient (Wildman–Crippen LogP) is 3.52. The summed E-state index contributed by atoms with van der Waals surface area (Å²) in [6.45, 7) is 0. The Labute approximate surface area is 125 Å². The van der Waals surface area contributed by atoms with Gasteiger partial charge in [-0.05, 0) is 30.3 Å². The van der Waals surface area contributed by atoms with Crippen molar-refractivity contribution < 1.29 is 4.79 Å². The van der Waals surface area contributed by atoms with Crippen LogP contribution in [0.25, 0.3) is 6.08 Å². The van der Waals surface area contributed by atoms with Crippen LogP contribution in [0.2, 0.25) is 10.0 Å². The Bertz CT molecular complexity index is 724. The Morgan fingerprint density at radius 1 is 1.35 bits per heavy atom. The van der Waals surface area contributed by atoms with Crippen LogP contribution in [0, 0.1) is 11.3 Å². The van der Waals surface area contributed by atoms with E-state index in [2.05, 4.69) is 5.10 Å².